The van der Waals surface area contributed by atoms with Crippen molar-refractivity contribution in [2.45, 2.75) is 12.3 Å². The second-order valence-electron chi connectivity index (χ2n) is 6.09. The van der Waals surface area contributed by atoms with E-state index in [1.807, 2.05) is 0 Å². The molecule has 1 atom stereocenters. The minimum atomic E-state index is -1.28. The van der Waals surface area contributed by atoms with Crippen molar-refractivity contribution in [3.8, 4) is 17.2 Å². The van der Waals surface area contributed by atoms with Crippen LogP contribution in [0.25, 0.3) is 0 Å². The molecule has 0 heterocycles. The van der Waals surface area contributed by atoms with E-state index in [1.165, 1.54) is 27.4 Å². The monoisotopic (exact) mass is 373 g/mol. The van der Waals surface area contributed by atoms with Crippen LogP contribution in [0.3, 0.4) is 0 Å². The first-order valence-electron chi connectivity index (χ1n) is 8.24. The Morgan fingerprint density at radius 3 is 2.04 bits per heavy atom. The van der Waals surface area contributed by atoms with E-state index in [9.17, 15) is 14.7 Å². The molecular weight excluding hydrogens is 350 g/mol. The molecule has 0 aliphatic heterocycles. The quantitative estimate of drug-likeness (QED) is 0.738. The van der Waals surface area contributed by atoms with Crippen LogP contribution in [0.15, 0.2) is 42.5 Å². The van der Waals surface area contributed by atoms with Crippen molar-refractivity contribution in [3.63, 3.8) is 0 Å². The second kappa shape index (κ2) is 8.44. The zero-order valence-corrected chi connectivity index (χ0v) is 15.7. The Hall–Kier alpha value is -3.22. The van der Waals surface area contributed by atoms with Crippen molar-refractivity contribution in [2.24, 2.45) is 0 Å². The predicted octanol–water partition coefficient (Wildman–Crippen LogP) is 2.48. The van der Waals surface area contributed by atoms with Gasteiger partial charge in [-0.25, -0.2) is 0 Å². The molecule has 0 fully saturated rings. The first-order valence-corrected chi connectivity index (χ1v) is 8.24. The third kappa shape index (κ3) is 4.13. The summed E-state index contributed by atoms with van der Waals surface area (Å²) in [4.78, 5) is 24.6. The van der Waals surface area contributed by atoms with Crippen molar-refractivity contribution in [3.05, 3.63) is 53.6 Å². The number of amides is 1. The maximum Gasteiger partial charge on any atom is 0.315 e. The lowest BCUT2D eigenvalue weighted by Gasteiger charge is -2.26. The summed E-state index contributed by atoms with van der Waals surface area (Å²) in [5, 5.41) is 12.4. The summed E-state index contributed by atoms with van der Waals surface area (Å²) in [6, 6.07) is 11.8. The van der Waals surface area contributed by atoms with E-state index in [0.29, 0.717) is 22.8 Å². The number of rotatable bonds is 8. The molecule has 0 radical (unpaired) electrons. The normalized spacial score (nSPS) is 12.6. The van der Waals surface area contributed by atoms with Crippen LogP contribution in [0, 0.1) is 0 Å². The summed E-state index contributed by atoms with van der Waals surface area (Å²) in [5.74, 6) is -0.426. The van der Waals surface area contributed by atoms with Gasteiger partial charge in [0.1, 0.15) is 11.2 Å². The molecule has 7 heteroatoms. The first-order chi connectivity index (χ1) is 12.9. The number of methoxy groups -OCH3 is 3. The smallest absolute Gasteiger partial charge is 0.315 e. The van der Waals surface area contributed by atoms with Crippen LogP contribution in [-0.4, -0.2) is 44.9 Å². The van der Waals surface area contributed by atoms with E-state index in [4.69, 9.17) is 14.2 Å². The van der Waals surface area contributed by atoms with E-state index in [0.717, 1.165) is 0 Å². The molecule has 2 N–H and O–H groups in total. The summed E-state index contributed by atoms with van der Waals surface area (Å²) < 4.78 is 15.7. The standard InChI is InChI=1S/C20H23NO6/c1-20(19(23)24,13-8-6-5-7-9-13)12-21-18(22)14-10-16(26-3)17(27-4)11-15(14)25-2/h5-11H,12H2,1-4H3,(H,21,22)(H,23,24). The maximum absolute atomic E-state index is 12.7. The van der Waals surface area contributed by atoms with E-state index >= 15 is 0 Å². The number of carboxylic acids is 1. The average molecular weight is 373 g/mol. The van der Waals surface area contributed by atoms with Gasteiger partial charge in [0.15, 0.2) is 11.5 Å². The van der Waals surface area contributed by atoms with Gasteiger partial charge in [-0.15, -0.1) is 0 Å². The molecule has 1 unspecified atom stereocenters. The molecule has 144 valence electrons. The van der Waals surface area contributed by atoms with Gasteiger partial charge in [-0.3, -0.25) is 9.59 Å². The Balaban J connectivity index is 2.30. The fourth-order valence-electron chi connectivity index (χ4n) is 2.67. The molecule has 1 amide bonds. The first kappa shape index (κ1) is 20.1. The molecule has 0 spiro atoms. The summed E-state index contributed by atoms with van der Waals surface area (Å²) in [6.45, 7) is 1.47. The highest BCUT2D eigenvalue weighted by Gasteiger charge is 2.36. The largest absolute Gasteiger partial charge is 0.496 e. The van der Waals surface area contributed by atoms with Crippen molar-refractivity contribution < 1.29 is 28.9 Å². The van der Waals surface area contributed by atoms with Gasteiger partial charge in [-0.05, 0) is 12.5 Å². The molecule has 0 aliphatic carbocycles. The molecule has 2 rings (SSSR count). The number of benzene rings is 2. The Kier molecular flexibility index (Phi) is 6.28. The minimum Gasteiger partial charge on any atom is -0.496 e. The third-order valence-corrected chi connectivity index (χ3v) is 4.44. The zero-order chi connectivity index (χ0) is 20.0. The fourth-order valence-corrected chi connectivity index (χ4v) is 2.67. The lowest BCUT2D eigenvalue weighted by atomic mass is 9.82. The van der Waals surface area contributed by atoms with Crippen LogP contribution in [0.5, 0.6) is 17.2 Å². The number of carbonyl (C=O) groups is 2. The number of nitrogens with one attached hydrogen (secondary N) is 1. The van der Waals surface area contributed by atoms with Crippen LogP contribution in [-0.2, 0) is 10.2 Å². The lowest BCUT2D eigenvalue weighted by molar-refractivity contribution is -0.142. The molecule has 7 nitrogen and oxygen atoms in total. The van der Waals surface area contributed by atoms with Gasteiger partial charge in [-0.1, -0.05) is 30.3 Å². The Bertz CT molecular complexity index is 821. The molecule has 27 heavy (non-hydrogen) atoms. The topological polar surface area (TPSA) is 94.1 Å². The summed E-state index contributed by atoms with van der Waals surface area (Å²) in [5.41, 5.74) is -0.464. The lowest BCUT2D eigenvalue weighted by Crippen LogP contribution is -2.44. The second-order valence-corrected chi connectivity index (χ2v) is 6.09. The van der Waals surface area contributed by atoms with Crippen LogP contribution in [0.1, 0.15) is 22.8 Å². The van der Waals surface area contributed by atoms with E-state index < -0.39 is 17.3 Å². The van der Waals surface area contributed by atoms with Crippen LogP contribution in [0.4, 0.5) is 0 Å². The number of aliphatic carboxylic acids is 1. The van der Waals surface area contributed by atoms with Gasteiger partial charge in [0.05, 0.1) is 26.9 Å². The van der Waals surface area contributed by atoms with Crippen LogP contribution >= 0.6 is 0 Å². The van der Waals surface area contributed by atoms with Gasteiger partial charge < -0.3 is 24.6 Å². The maximum atomic E-state index is 12.7. The van der Waals surface area contributed by atoms with E-state index in [1.54, 1.807) is 43.3 Å². The summed E-state index contributed by atoms with van der Waals surface area (Å²) in [6.07, 6.45) is 0. The molecule has 0 bridgehead atoms. The molecule has 0 saturated heterocycles. The zero-order valence-electron chi connectivity index (χ0n) is 15.7. The molecule has 0 saturated carbocycles. The van der Waals surface area contributed by atoms with Gasteiger partial charge >= 0.3 is 5.97 Å². The van der Waals surface area contributed by atoms with Crippen molar-refractivity contribution in [1.29, 1.82) is 0 Å². The average Bonchev–Trinajstić information content (AvgIpc) is 2.70. The fraction of sp³-hybridized carbons (Fsp3) is 0.300. The number of hydrogen-bond donors (Lipinski definition) is 2. The Labute approximate surface area is 157 Å². The van der Waals surface area contributed by atoms with E-state index in [-0.39, 0.29) is 12.1 Å². The number of hydrogen-bond acceptors (Lipinski definition) is 5. The van der Waals surface area contributed by atoms with Crippen molar-refractivity contribution >= 4 is 11.9 Å². The van der Waals surface area contributed by atoms with Crippen molar-refractivity contribution in [1.82, 2.24) is 5.32 Å². The molecule has 0 aliphatic rings. The van der Waals surface area contributed by atoms with Gasteiger partial charge in [0, 0.05) is 18.7 Å². The summed E-state index contributed by atoms with van der Waals surface area (Å²) in [7, 11) is 4.38. The highest BCUT2D eigenvalue weighted by Crippen LogP contribution is 2.34. The highest BCUT2D eigenvalue weighted by atomic mass is 16.5. The predicted molar refractivity (Wildman–Crippen MR) is 99.9 cm³/mol. The van der Waals surface area contributed by atoms with Gasteiger partial charge in [0.2, 0.25) is 0 Å². The van der Waals surface area contributed by atoms with Crippen molar-refractivity contribution in [2.75, 3.05) is 27.9 Å². The third-order valence-electron chi connectivity index (χ3n) is 4.44. The number of ether oxygens (including phenoxy) is 3. The SMILES string of the molecule is COc1cc(OC)c(C(=O)NCC(C)(C(=O)O)c2ccccc2)cc1OC. The summed E-state index contributed by atoms with van der Waals surface area (Å²) >= 11 is 0. The van der Waals surface area contributed by atoms with E-state index in [2.05, 4.69) is 5.32 Å². The molecule has 0 aromatic heterocycles. The Morgan fingerprint density at radius 2 is 1.52 bits per heavy atom. The van der Waals surface area contributed by atoms with Crippen LogP contribution in [0.2, 0.25) is 0 Å². The number of carbonyl (C=O) groups excluding carboxylic acids is 1. The van der Waals surface area contributed by atoms with Gasteiger partial charge in [-0.2, -0.15) is 0 Å². The Morgan fingerprint density at radius 1 is 0.963 bits per heavy atom. The van der Waals surface area contributed by atoms with Crippen LogP contribution < -0.4 is 19.5 Å². The molecule has 2 aromatic carbocycles. The molecular formula is C20H23NO6. The van der Waals surface area contributed by atoms with Gasteiger partial charge in [0.25, 0.3) is 5.91 Å². The molecule has 2 aromatic rings. The minimum absolute atomic E-state index is 0.0946. The number of carboxylic acid groups (broad SMARTS) is 1. The highest BCUT2D eigenvalue weighted by molar-refractivity contribution is 5.98.